The number of hydrogen-bond acceptors (Lipinski definition) is 4. The van der Waals surface area contributed by atoms with Crippen LogP contribution < -0.4 is 10.4 Å². The van der Waals surface area contributed by atoms with E-state index in [-0.39, 0.29) is 0 Å². The second-order valence-corrected chi connectivity index (χ2v) is 13.4. The smallest absolute Gasteiger partial charge is 0.248 e. The average molecular weight is 425 g/mol. The van der Waals surface area contributed by atoms with E-state index in [1.807, 2.05) is 52.5 Å². The van der Waals surface area contributed by atoms with E-state index < -0.39 is 6.69 Å². The molecular formula is C20H30Cl2N4Si. The number of benzene rings is 2. The van der Waals surface area contributed by atoms with E-state index >= 15 is 0 Å². The van der Waals surface area contributed by atoms with Gasteiger partial charge in [-0.3, -0.25) is 0 Å². The zero-order valence-electron chi connectivity index (χ0n) is 17.1. The Morgan fingerprint density at radius 1 is 0.630 bits per heavy atom. The molecule has 0 bridgehead atoms. The van der Waals surface area contributed by atoms with Gasteiger partial charge in [-0.2, -0.15) is 0 Å². The van der Waals surface area contributed by atoms with E-state index in [9.17, 15) is 0 Å². The minimum atomic E-state index is -2.89. The highest BCUT2D eigenvalue weighted by atomic mass is 35.7. The Morgan fingerprint density at radius 3 is 1.30 bits per heavy atom. The van der Waals surface area contributed by atoms with Crippen molar-refractivity contribution in [3.63, 3.8) is 0 Å². The van der Waals surface area contributed by atoms with Crippen molar-refractivity contribution in [2.75, 3.05) is 42.3 Å². The lowest BCUT2D eigenvalue weighted by atomic mass is 10.2. The van der Waals surface area contributed by atoms with E-state index in [0.29, 0.717) is 0 Å². The summed E-state index contributed by atoms with van der Waals surface area (Å²) in [6, 6.07) is 16.5. The highest BCUT2D eigenvalue weighted by Gasteiger charge is 2.37. The molecule has 0 atom stereocenters. The first-order chi connectivity index (χ1) is 12.6. The fraction of sp³-hybridized carbons (Fsp3) is 0.400. The van der Waals surface area contributed by atoms with Gasteiger partial charge in [0.2, 0.25) is 0 Å². The molecule has 0 aliphatic rings. The third kappa shape index (κ3) is 5.54. The number of rotatable bonds is 8. The van der Waals surface area contributed by atoms with Gasteiger partial charge >= 0.3 is 6.69 Å². The minimum Gasteiger partial charge on any atom is -0.248 e. The van der Waals surface area contributed by atoms with Crippen molar-refractivity contribution >= 4 is 39.2 Å². The van der Waals surface area contributed by atoms with E-state index in [1.165, 1.54) is 11.1 Å². The van der Waals surface area contributed by atoms with Gasteiger partial charge in [0.25, 0.3) is 0 Å². The summed E-state index contributed by atoms with van der Waals surface area (Å²) in [7, 11) is 12.2. The van der Waals surface area contributed by atoms with E-state index in [1.54, 1.807) is 0 Å². The first-order valence-corrected chi connectivity index (χ1v) is 13.0. The third-order valence-electron chi connectivity index (χ3n) is 4.88. The van der Waals surface area contributed by atoms with Gasteiger partial charge in [0, 0.05) is 55.4 Å². The second kappa shape index (κ2) is 9.52. The summed E-state index contributed by atoms with van der Waals surface area (Å²) >= 11 is 14.3. The summed E-state index contributed by atoms with van der Waals surface area (Å²) in [4.78, 5) is 0. The molecule has 2 aromatic carbocycles. The largest absolute Gasteiger partial charge is 0.311 e. The maximum atomic E-state index is 7.16. The monoisotopic (exact) mass is 424 g/mol. The normalized spacial score (nSPS) is 12.6. The Bertz CT molecular complexity index is 691. The molecule has 0 spiro atoms. The van der Waals surface area contributed by atoms with Gasteiger partial charge in [0.15, 0.2) is 0 Å². The molecule has 0 aliphatic carbocycles. The van der Waals surface area contributed by atoms with Crippen LogP contribution >= 0.6 is 22.2 Å². The lowest BCUT2D eigenvalue weighted by Gasteiger charge is -2.30. The molecule has 148 valence electrons. The Hall–Kier alpha value is -0.923. The Kier molecular flexibility index (Phi) is 7.89. The quantitative estimate of drug-likeness (QED) is 0.366. The van der Waals surface area contributed by atoms with E-state index in [0.717, 1.165) is 23.5 Å². The third-order valence-corrected chi connectivity index (χ3v) is 9.65. The van der Waals surface area contributed by atoms with Crippen molar-refractivity contribution in [2.24, 2.45) is 0 Å². The Labute approximate surface area is 174 Å². The molecule has 0 unspecified atom stereocenters. The number of hydrogen-bond donors (Lipinski definition) is 0. The highest BCUT2D eigenvalue weighted by Crippen LogP contribution is 2.21. The maximum Gasteiger partial charge on any atom is 0.311 e. The molecule has 0 fully saturated rings. The lowest BCUT2D eigenvalue weighted by Crippen LogP contribution is -2.53. The molecule has 27 heavy (non-hydrogen) atoms. The van der Waals surface area contributed by atoms with Gasteiger partial charge in [-0.05, 0) is 21.5 Å². The average Bonchev–Trinajstić information content (AvgIpc) is 2.62. The van der Waals surface area contributed by atoms with Crippen LogP contribution in [0.1, 0.15) is 11.1 Å². The fourth-order valence-electron chi connectivity index (χ4n) is 2.85. The zero-order chi connectivity index (χ0) is 20.2. The first kappa shape index (κ1) is 22.4. The lowest BCUT2D eigenvalue weighted by molar-refractivity contribution is 0.0478. The molecule has 2 rings (SSSR count). The molecule has 4 nitrogen and oxygen atoms in total. The Morgan fingerprint density at radius 2 is 0.963 bits per heavy atom. The van der Waals surface area contributed by atoms with Gasteiger partial charge in [-0.1, -0.05) is 48.5 Å². The van der Waals surface area contributed by atoms with Crippen LogP contribution in [0.3, 0.4) is 0 Å². The SMILES string of the molecule is CN(C)N(C)Cc1ccccc1[Si](Cl)(Cl)c1ccccc1CN(C)N(C)C. The molecule has 2 aromatic rings. The van der Waals surface area contributed by atoms with Crippen molar-refractivity contribution < 1.29 is 0 Å². The predicted octanol–water partition coefficient (Wildman–Crippen LogP) is 2.54. The molecule has 0 heterocycles. The van der Waals surface area contributed by atoms with Crippen LogP contribution in [0.15, 0.2) is 48.5 Å². The molecule has 0 aromatic heterocycles. The van der Waals surface area contributed by atoms with Crippen LogP contribution in [0.4, 0.5) is 0 Å². The standard InChI is InChI=1S/C20H30Cl2N4Si/c1-23(2)25(5)15-17-11-7-9-13-19(17)27(21,22)20-14-10-8-12-18(20)16-26(6)24(3)4/h7-14H,15-16H2,1-6H3. The van der Waals surface area contributed by atoms with Gasteiger partial charge < -0.3 is 0 Å². The van der Waals surface area contributed by atoms with Crippen LogP contribution in [0.2, 0.25) is 0 Å². The fourth-order valence-corrected chi connectivity index (χ4v) is 7.09. The number of halogens is 2. The molecule has 7 heteroatoms. The molecule has 0 saturated heterocycles. The van der Waals surface area contributed by atoms with Crippen molar-refractivity contribution in [3.8, 4) is 0 Å². The van der Waals surface area contributed by atoms with Crippen LogP contribution in [0.5, 0.6) is 0 Å². The molecular weight excluding hydrogens is 395 g/mol. The summed E-state index contributed by atoms with van der Waals surface area (Å²) in [5, 5.41) is 10.5. The first-order valence-electron chi connectivity index (χ1n) is 8.96. The summed E-state index contributed by atoms with van der Waals surface area (Å²) in [6.45, 7) is -1.37. The molecule has 0 amide bonds. The summed E-state index contributed by atoms with van der Waals surface area (Å²) < 4.78 is 0. The predicted molar refractivity (Wildman–Crippen MR) is 120 cm³/mol. The van der Waals surface area contributed by atoms with Crippen molar-refractivity contribution in [3.05, 3.63) is 59.7 Å². The van der Waals surface area contributed by atoms with Gasteiger partial charge in [-0.25, -0.2) is 20.0 Å². The second-order valence-electron chi connectivity index (χ2n) is 7.21. The maximum absolute atomic E-state index is 7.16. The van der Waals surface area contributed by atoms with Crippen molar-refractivity contribution in [2.45, 2.75) is 13.1 Å². The summed E-state index contributed by atoms with van der Waals surface area (Å²) in [6.07, 6.45) is 0. The van der Waals surface area contributed by atoms with E-state index in [4.69, 9.17) is 22.2 Å². The molecule has 0 radical (unpaired) electrons. The number of nitrogens with zero attached hydrogens (tertiary/aromatic N) is 4. The van der Waals surface area contributed by atoms with Crippen LogP contribution in [0, 0.1) is 0 Å². The van der Waals surface area contributed by atoms with Gasteiger partial charge in [0.1, 0.15) is 0 Å². The topological polar surface area (TPSA) is 13.0 Å². The van der Waals surface area contributed by atoms with Crippen molar-refractivity contribution in [1.29, 1.82) is 0 Å². The summed E-state index contributed by atoms with van der Waals surface area (Å²) in [5.74, 6) is 0. The van der Waals surface area contributed by atoms with Crippen molar-refractivity contribution in [1.82, 2.24) is 20.0 Å². The van der Waals surface area contributed by atoms with Gasteiger partial charge in [0.05, 0.1) is 0 Å². The molecule has 0 aliphatic heterocycles. The minimum absolute atomic E-state index is 0.761. The number of hydrazine groups is 2. The van der Waals surface area contributed by atoms with Crippen LogP contribution in [-0.2, 0) is 13.1 Å². The Balaban J connectivity index is 2.45. The summed E-state index contributed by atoms with van der Waals surface area (Å²) in [5.41, 5.74) is 2.34. The zero-order valence-corrected chi connectivity index (χ0v) is 19.6. The highest BCUT2D eigenvalue weighted by molar-refractivity contribution is 7.56. The molecule has 0 N–H and O–H groups in total. The molecule has 0 saturated carbocycles. The van der Waals surface area contributed by atoms with Crippen LogP contribution in [-0.4, -0.2) is 69.0 Å². The van der Waals surface area contributed by atoms with Gasteiger partial charge in [-0.15, -0.1) is 22.2 Å². The van der Waals surface area contributed by atoms with Crippen LogP contribution in [0.25, 0.3) is 0 Å². The van der Waals surface area contributed by atoms with E-state index in [2.05, 4.69) is 58.4 Å².